The molecule has 0 unspecified atom stereocenters. The van der Waals surface area contributed by atoms with Crippen LogP contribution in [-0.2, 0) is 15.6 Å². The Labute approximate surface area is 188 Å². The Bertz CT molecular complexity index is 1300. The topological polar surface area (TPSA) is 70.5 Å². The SMILES string of the molecule is O=S(=O)(c1cccc2cccnc12)N1CCC[C@H]1C(O)(c1ccccc1)c1ccccc1. The van der Waals surface area contributed by atoms with Crippen LogP contribution in [0.1, 0.15) is 24.0 Å². The summed E-state index contributed by atoms with van der Waals surface area (Å²) in [5.41, 5.74) is 0.316. The number of aliphatic hydroxyl groups is 1. The number of fused-ring (bicyclic) bond motifs is 1. The molecular weight excluding hydrogens is 420 g/mol. The fourth-order valence-corrected chi connectivity index (χ4v) is 6.67. The van der Waals surface area contributed by atoms with Crippen LogP contribution in [0.15, 0.2) is 102 Å². The van der Waals surface area contributed by atoms with Gasteiger partial charge in [-0.15, -0.1) is 0 Å². The number of aromatic nitrogens is 1. The lowest BCUT2D eigenvalue weighted by molar-refractivity contribution is 0.0204. The molecule has 1 aliphatic rings. The lowest BCUT2D eigenvalue weighted by Gasteiger charge is -2.39. The Morgan fingerprint density at radius 1 is 0.844 bits per heavy atom. The molecule has 4 aromatic rings. The minimum absolute atomic E-state index is 0.172. The molecule has 1 N–H and O–H groups in total. The number of pyridine rings is 1. The Morgan fingerprint density at radius 2 is 1.47 bits per heavy atom. The normalized spacial score (nSPS) is 17.6. The molecule has 0 spiro atoms. The van der Waals surface area contributed by atoms with Crippen LogP contribution >= 0.6 is 0 Å². The molecule has 1 atom stereocenters. The van der Waals surface area contributed by atoms with E-state index < -0.39 is 21.7 Å². The lowest BCUT2D eigenvalue weighted by Crippen LogP contribution is -2.50. The minimum Gasteiger partial charge on any atom is -0.379 e. The second kappa shape index (κ2) is 8.13. The van der Waals surface area contributed by atoms with E-state index in [1.54, 1.807) is 24.4 Å². The number of benzene rings is 3. The highest BCUT2D eigenvalue weighted by Gasteiger charge is 2.49. The summed E-state index contributed by atoms with van der Waals surface area (Å²) in [5.74, 6) is 0. The first-order valence-corrected chi connectivity index (χ1v) is 12.2. The zero-order chi connectivity index (χ0) is 22.2. The maximum atomic E-state index is 13.9. The van der Waals surface area contributed by atoms with Crippen molar-refractivity contribution in [3.63, 3.8) is 0 Å². The van der Waals surface area contributed by atoms with Crippen molar-refractivity contribution in [2.75, 3.05) is 6.54 Å². The predicted molar refractivity (Wildman–Crippen MR) is 125 cm³/mol. The molecule has 3 aromatic carbocycles. The zero-order valence-electron chi connectivity index (χ0n) is 17.5. The van der Waals surface area contributed by atoms with Crippen molar-refractivity contribution in [1.82, 2.24) is 9.29 Å². The number of hydrogen-bond donors (Lipinski definition) is 1. The van der Waals surface area contributed by atoms with Gasteiger partial charge in [0.15, 0.2) is 0 Å². The Balaban J connectivity index is 1.67. The van der Waals surface area contributed by atoms with Crippen LogP contribution in [0.5, 0.6) is 0 Å². The third kappa shape index (κ3) is 3.32. The highest BCUT2D eigenvalue weighted by molar-refractivity contribution is 7.89. The van der Waals surface area contributed by atoms with Crippen LogP contribution in [-0.4, -0.2) is 35.4 Å². The van der Waals surface area contributed by atoms with Gasteiger partial charge >= 0.3 is 0 Å². The van der Waals surface area contributed by atoms with Gasteiger partial charge in [-0.25, -0.2) is 8.42 Å². The van der Waals surface area contributed by atoms with Crippen LogP contribution < -0.4 is 0 Å². The molecule has 1 aliphatic heterocycles. The molecule has 5 rings (SSSR count). The third-order valence-corrected chi connectivity index (χ3v) is 8.24. The molecule has 1 aromatic heterocycles. The van der Waals surface area contributed by atoms with Gasteiger partial charge < -0.3 is 5.11 Å². The summed E-state index contributed by atoms with van der Waals surface area (Å²) in [6.07, 6.45) is 2.83. The van der Waals surface area contributed by atoms with Gasteiger partial charge in [0.25, 0.3) is 0 Å². The second-order valence-electron chi connectivity index (χ2n) is 8.10. The van der Waals surface area contributed by atoms with Crippen LogP contribution in [0.4, 0.5) is 0 Å². The van der Waals surface area contributed by atoms with Crippen molar-refractivity contribution in [3.05, 3.63) is 108 Å². The third-order valence-electron chi connectivity index (χ3n) is 6.30. The molecule has 0 bridgehead atoms. The summed E-state index contributed by atoms with van der Waals surface area (Å²) in [4.78, 5) is 4.53. The highest BCUT2D eigenvalue weighted by Crippen LogP contribution is 2.42. The molecule has 0 aliphatic carbocycles. The van der Waals surface area contributed by atoms with Gasteiger partial charge in [0.1, 0.15) is 10.5 Å². The molecule has 6 heteroatoms. The molecule has 1 saturated heterocycles. The van der Waals surface area contributed by atoms with Gasteiger partial charge in [-0.3, -0.25) is 4.98 Å². The molecule has 2 heterocycles. The fourth-order valence-electron chi connectivity index (χ4n) is 4.79. The standard InChI is InChI=1S/C26H24N2O3S/c29-26(21-12-3-1-4-13-21,22-14-5-2-6-15-22)24-17-9-19-28(24)32(30,31)23-16-7-10-20-11-8-18-27-25(20)23/h1-8,10-16,18,24,29H,9,17,19H2/t24-/m0/s1. The molecule has 0 radical (unpaired) electrons. The number of rotatable bonds is 5. The maximum absolute atomic E-state index is 13.9. The summed E-state index contributed by atoms with van der Waals surface area (Å²) < 4.78 is 29.4. The first-order valence-electron chi connectivity index (χ1n) is 10.7. The summed E-state index contributed by atoms with van der Waals surface area (Å²) >= 11 is 0. The van der Waals surface area contributed by atoms with E-state index in [-0.39, 0.29) is 4.90 Å². The van der Waals surface area contributed by atoms with E-state index in [1.165, 1.54) is 4.31 Å². The van der Waals surface area contributed by atoms with E-state index in [4.69, 9.17) is 0 Å². The second-order valence-corrected chi connectivity index (χ2v) is 9.96. The number of para-hydroxylation sites is 1. The van der Waals surface area contributed by atoms with E-state index in [9.17, 15) is 13.5 Å². The van der Waals surface area contributed by atoms with Gasteiger partial charge in [-0.2, -0.15) is 4.31 Å². The summed E-state index contributed by atoms with van der Waals surface area (Å²) in [6.45, 7) is 0.345. The van der Waals surface area contributed by atoms with Crippen molar-refractivity contribution in [2.24, 2.45) is 0 Å². The average molecular weight is 445 g/mol. The fraction of sp³-hybridized carbons (Fsp3) is 0.192. The van der Waals surface area contributed by atoms with Crippen LogP contribution in [0.3, 0.4) is 0 Å². The molecule has 0 amide bonds. The molecular formula is C26H24N2O3S. The van der Waals surface area contributed by atoms with Gasteiger partial charge in [-0.1, -0.05) is 78.9 Å². The lowest BCUT2D eigenvalue weighted by atomic mass is 9.79. The van der Waals surface area contributed by atoms with E-state index in [0.717, 1.165) is 5.39 Å². The minimum atomic E-state index is -3.90. The van der Waals surface area contributed by atoms with Gasteiger partial charge in [0.2, 0.25) is 10.0 Å². The zero-order valence-corrected chi connectivity index (χ0v) is 18.3. The van der Waals surface area contributed by atoms with Crippen molar-refractivity contribution in [2.45, 2.75) is 29.4 Å². The number of hydrogen-bond acceptors (Lipinski definition) is 4. The summed E-state index contributed by atoms with van der Waals surface area (Å²) in [5, 5.41) is 13.0. The smallest absolute Gasteiger partial charge is 0.245 e. The van der Waals surface area contributed by atoms with E-state index in [0.29, 0.717) is 36.0 Å². The maximum Gasteiger partial charge on any atom is 0.245 e. The van der Waals surface area contributed by atoms with E-state index in [1.807, 2.05) is 72.8 Å². The van der Waals surface area contributed by atoms with Gasteiger partial charge in [0.05, 0.1) is 11.6 Å². The summed E-state index contributed by atoms with van der Waals surface area (Å²) in [7, 11) is -3.90. The Kier molecular flexibility index (Phi) is 5.29. The first kappa shape index (κ1) is 20.8. The predicted octanol–water partition coefficient (Wildman–Crippen LogP) is 4.32. The van der Waals surface area contributed by atoms with Crippen molar-refractivity contribution in [3.8, 4) is 0 Å². The van der Waals surface area contributed by atoms with Gasteiger partial charge in [-0.05, 0) is 36.1 Å². The first-order chi connectivity index (χ1) is 15.5. The molecule has 32 heavy (non-hydrogen) atoms. The number of sulfonamides is 1. The van der Waals surface area contributed by atoms with E-state index >= 15 is 0 Å². The Hall–Kier alpha value is -3.06. The molecule has 0 saturated carbocycles. The number of nitrogens with zero attached hydrogens (tertiary/aromatic N) is 2. The monoisotopic (exact) mass is 444 g/mol. The van der Waals surface area contributed by atoms with Crippen molar-refractivity contribution >= 4 is 20.9 Å². The van der Waals surface area contributed by atoms with Crippen LogP contribution in [0.2, 0.25) is 0 Å². The molecule has 162 valence electrons. The quantitative estimate of drug-likeness (QED) is 0.498. The summed E-state index contributed by atoms with van der Waals surface area (Å²) in [6, 6.07) is 26.9. The largest absolute Gasteiger partial charge is 0.379 e. The Morgan fingerprint density at radius 3 is 2.12 bits per heavy atom. The van der Waals surface area contributed by atoms with E-state index in [2.05, 4.69) is 4.98 Å². The highest BCUT2D eigenvalue weighted by atomic mass is 32.2. The van der Waals surface area contributed by atoms with Gasteiger partial charge in [0, 0.05) is 18.1 Å². The molecule has 1 fully saturated rings. The average Bonchev–Trinajstić information content (AvgIpc) is 3.36. The van der Waals surface area contributed by atoms with Crippen molar-refractivity contribution in [1.29, 1.82) is 0 Å². The van der Waals surface area contributed by atoms with Crippen molar-refractivity contribution < 1.29 is 13.5 Å². The van der Waals surface area contributed by atoms with Crippen LogP contribution in [0.25, 0.3) is 10.9 Å². The molecule has 5 nitrogen and oxygen atoms in total. The van der Waals surface area contributed by atoms with Crippen LogP contribution in [0, 0.1) is 0 Å².